The number of hydrogen-bond acceptors (Lipinski definition) is 3. The fourth-order valence-corrected chi connectivity index (χ4v) is 9.85. The summed E-state index contributed by atoms with van der Waals surface area (Å²) in [7, 11) is 0. The van der Waals surface area contributed by atoms with Gasteiger partial charge in [0.1, 0.15) is 0 Å². The lowest BCUT2D eigenvalue weighted by molar-refractivity contribution is 0.666. The topological polar surface area (TPSA) is 43.6 Å². The van der Waals surface area contributed by atoms with Crippen LogP contribution < -0.4 is 0 Å². The maximum Gasteiger partial charge on any atom is 0.164 e. The number of hydrogen-bond donors (Lipinski definition) is 0. The van der Waals surface area contributed by atoms with E-state index in [0.29, 0.717) is 17.5 Å². The van der Waals surface area contributed by atoms with Gasteiger partial charge in [-0.15, -0.1) is 0 Å². The van der Waals surface area contributed by atoms with Crippen LogP contribution in [0, 0.1) is 0 Å². The molecule has 0 amide bonds. The van der Waals surface area contributed by atoms with Gasteiger partial charge in [-0.2, -0.15) is 0 Å². The largest absolute Gasteiger partial charge is 0.309 e. The molecule has 0 spiro atoms. The highest BCUT2D eigenvalue weighted by atomic mass is 15.0. The molecule has 1 aliphatic rings. The molecule has 0 saturated heterocycles. The number of fused-ring (bicyclic) bond motifs is 13. The number of nitrogens with zero attached hydrogens (tertiary/aromatic N) is 4. The van der Waals surface area contributed by atoms with Crippen molar-refractivity contribution in [3.8, 4) is 51.0 Å². The van der Waals surface area contributed by atoms with Crippen LogP contribution in [-0.2, 0) is 5.41 Å². The standard InChI is InChI=1S/C54H36N4/c1-54(2)44-27-15-13-24-39(44)41-29-30-46-49(50(41)54)42-26-14-16-28-45(42)58(46)47-32-35(31-43-38-23-10-9-21-36(38)37-22-11-12-25-40(37)48(43)47)53-56-51(33-17-5-3-6-18-33)55-52(57-53)34-19-7-4-8-20-34/h3-32H,1-2H3. The van der Waals surface area contributed by atoms with Crippen LogP contribution in [0.1, 0.15) is 25.0 Å². The van der Waals surface area contributed by atoms with Gasteiger partial charge >= 0.3 is 0 Å². The summed E-state index contributed by atoms with van der Waals surface area (Å²) in [5.74, 6) is 1.92. The van der Waals surface area contributed by atoms with Gasteiger partial charge in [0.25, 0.3) is 0 Å². The second kappa shape index (κ2) is 12.3. The molecule has 272 valence electrons. The zero-order valence-corrected chi connectivity index (χ0v) is 32.1. The highest BCUT2D eigenvalue weighted by molar-refractivity contribution is 6.28. The van der Waals surface area contributed by atoms with Crippen LogP contribution in [0.3, 0.4) is 0 Å². The third-order valence-electron chi connectivity index (χ3n) is 12.4. The van der Waals surface area contributed by atoms with E-state index >= 15 is 0 Å². The van der Waals surface area contributed by atoms with E-state index in [1.165, 1.54) is 71.0 Å². The maximum atomic E-state index is 5.25. The molecule has 4 nitrogen and oxygen atoms in total. The molecule has 0 bridgehead atoms. The van der Waals surface area contributed by atoms with Crippen LogP contribution in [-0.4, -0.2) is 19.5 Å². The van der Waals surface area contributed by atoms with E-state index in [2.05, 4.69) is 164 Å². The summed E-state index contributed by atoms with van der Waals surface area (Å²) < 4.78 is 2.51. The molecule has 11 aromatic rings. The number of aromatic nitrogens is 4. The van der Waals surface area contributed by atoms with Crippen LogP contribution in [0.5, 0.6) is 0 Å². The summed E-state index contributed by atoms with van der Waals surface area (Å²) in [5.41, 5.74) is 11.5. The van der Waals surface area contributed by atoms with Crippen LogP contribution in [0.2, 0.25) is 0 Å². The Bertz CT molecular complexity index is 3410. The molecule has 12 rings (SSSR count). The first-order valence-corrected chi connectivity index (χ1v) is 20.0. The zero-order valence-electron chi connectivity index (χ0n) is 32.1. The molecule has 0 unspecified atom stereocenters. The number of rotatable bonds is 4. The first-order chi connectivity index (χ1) is 28.5. The van der Waals surface area contributed by atoms with Crippen LogP contribution in [0.4, 0.5) is 0 Å². The van der Waals surface area contributed by atoms with Gasteiger partial charge in [0, 0.05) is 38.3 Å². The van der Waals surface area contributed by atoms with Crippen molar-refractivity contribution in [1.29, 1.82) is 0 Å². The van der Waals surface area contributed by atoms with Crippen molar-refractivity contribution < 1.29 is 0 Å². The van der Waals surface area contributed by atoms with E-state index < -0.39 is 0 Å². The van der Waals surface area contributed by atoms with Gasteiger partial charge in [0.15, 0.2) is 17.5 Å². The second-order valence-corrected chi connectivity index (χ2v) is 16.0. The van der Waals surface area contributed by atoms with Crippen molar-refractivity contribution in [2.45, 2.75) is 19.3 Å². The van der Waals surface area contributed by atoms with Gasteiger partial charge in [-0.05, 0) is 73.5 Å². The summed E-state index contributed by atoms with van der Waals surface area (Å²) in [5, 5.41) is 9.76. The second-order valence-electron chi connectivity index (χ2n) is 16.0. The number of para-hydroxylation sites is 1. The predicted octanol–water partition coefficient (Wildman–Crippen LogP) is 13.7. The van der Waals surface area contributed by atoms with Crippen molar-refractivity contribution >= 4 is 54.1 Å². The van der Waals surface area contributed by atoms with Crippen molar-refractivity contribution in [1.82, 2.24) is 19.5 Å². The van der Waals surface area contributed by atoms with Gasteiger partial charge < -0.3 is 4.57 Å². The van der Waals surface area contributed by atoms with E-state index in [9.17, 15) is 0 Å². The monoisotopic (exact) mass is 740 g/mol. The highest BCUT2D eigenvalue weighted by Gasteiger charge is 2.38. The van der Waals surface area contributed by atoms with Crippen LogP contribution in [0.25, 0.3) is 105 Å². The normalized spacial score (nSPS) is 13.1. The zero-order chi connectivity index (χ0) is 38.5. The lowest BCUT2D eigenvalue weighted by atomic mass is 9.80. The van der Waals surface area contributed by atoms with Crippen molar-refractivity contribution in [2.75, 3.05) is 0 Å². The van der Waals surface area contributed by atoms with E-state index in [4.69, 9.17) is 15.0 Å². The maximum absolute atomic E-state index is 5.25. The van der Waals surface area contributed by atoms with Gasteiger partial charge in [-0.1, -0.05) is 172 Å². The van der Waals surface area contributed by atoms with Gasteiger partial charge in [0.05, 0.1) is 16.7 Å². The first-order valence-electron chi connectivity index (χ1n) is 20.0. The molecule has 58 heavy (non-hydrogen) atoms. The van der Waals surface area contributed by atoms with E-state index in [0.717, 1.165) is 27.8 Å². The Morgan fingerprint density at radius 3 is 1.57 bits per heavy atom. The minimum Gasteiger partial charge on any atom is -0.309 e. The summed E-state index contributed by atoms with van der Waals surface area (Å²) >= 11 is 0. The lowest BCUT2D eigenvalue weighted by Crippen LogP contribution is -2.15. The van der Waals surface area contributed by atoms with Crippen LogP contribution >= 0.6 is 0 Å². The van der Waals surface area contributed by atoms with Gasteiger partial charge in [0.2, 0.25) is 0 Å². The third kappa shape index (κ3) is 4.66. The Morgan fingerprint density at radius 2 is 0.897 bits per heavy atom. The highest BCUT2D eigenvalue weighted by Crippen LogP contribution is 2.54. The molecular formula is C54H36N4. The number of benzene rings is 9. The smallest absolute Gasteiger partial charge is 0.164 e. The minimum absolute atomic E-state index is 0.181. The molecule has 0 N–H and O–H groups in total. The average molecular weight is 741 g/mol. The molecule has 0 saturated carbocycles. The Labute approximate surface area is 335 Å². The molecule has 2 aromatic heterocycles. The van der Waals surface area contributed by atoms with Gasteiger partial charge in [-0.3, -0.25) is 0 Å². The average Bonchev–Trinajstić information content (AvgIpc) is 3.74. The fourth-order valence-electron chi connectivity index (χ4n) is 9.85. The molecule has 0 atom stereocenters. The van der Waals surface area contributed by atoms with E-state index in [1.807, 2.05) is 36.4 Å². The lowest BCUT2D eigenvalue weighted by Gasteiger charge is -2.23. The fraction of sp³-hybridized carbons (Fsp3) is 0.0556. The SMILES string of the molecule is CC1(C)c2ccccc2-c2ccc3c(c21)c1ccccc1n3-c1cc(-c2nc(-c3ccccc3)nc(-c3ccccc3)n2)cc2c3ccccc3c3ccccc3c12. The summed E-state index contributed by atoms with van der Waals surface area (Å²) in [4.78, 5) is 15.6. The van der Waals surface area contributed by atoms with Crippen molar-refractivity contribution in [3.63, 3.8) is 0 Å². The molecule has 0 aliphatic heterocycles. The molecule has 0 fully saturated rings. The first kappa shape index (κ1) is 32.8. The quantitative estimate of drug-likeness (QED) is 0.169. The third-order valence-corrected chi connectivity index (χ3v) is 12.4. The Morgan fingerprint density at radius 1 is 0.379 bits per heavy atom. The molecular weight excluding hydrogens is 705 g/mol. The predicted molar refractivity (Wildman–Crippen MR) is 241 cm³/mol. The summed E-state index contributed by atoms with van der Waals surface area (Å²) in [6, 6.07) is 65.3. The molecule has 4 heteroatoms. The summed E-state index contributed by atoms with van der Waals surface area (Å²) in [6.45, 7) is 4.77. The Hall–Kier alpha value is -7.43. The van der Waals surface area contributed by atoms with E-state index in [-0.39, 0.29) is 5.41 Å². The minimum atomic E-state index is -0.181. The van der Waals surface area contributed by atoms with Crippen LogP contribution in [0.15, 0.2) is 182 Å². The van der Waals surface area contributed by atoms with E-state index in [1.54, 1.807) is 0 Å². The van der Waals surface area contributed by atoms with Crippen molar-refractivity contribution in [2.24, 2.45) is 0 Å². The van der Waals surface area contributed by atoms with Crippen molar-refractivity contribution in [3.05, 3.63) is 193 Å². The summed E-state index contributed by atoms with van der Waals surface area (Å²) in [6.07, 6.45) is 0. The molecule has 1 aliphatic carbocycles. The Kier molecular flexibility index (Phi) is 6.94. The molecule has 0 radical (unpaired) electrons. The molecule has 9 aromatic carbocycles. The molecule has 2 heterocycles. The van der Waals surface area contributed by atoms with Gasteiger partial charge in [-0.25, -0.2) is 15.0 Å². The Balaban J connectivity index is 1.25.